The molecule has 2 heterocycles. The summed E-state index contributed by atoms with van der Waals surface area (Å²) < 4.78 is 14.5. The van der Waals surface area contributed by atoms with Crippen molar-refractivity contribution in [2.75, 3.05) is 26.2 Å². The largest absolute Gasteiger partial charge is 0.342 e. The van der Waals surface area contributed by atoms with Gasteiger partial charge in [0.1, 0.15) is 5.82 Å². The number of carbonyl (C=O) groups is 2. The molecule has 140 valence electrons. The first-order valence-electron chi connectivity index (χ1n) is 9.25. The van der Waals surface area contributed by atoms with Crippen LogP contribution >= 0.6 is 15.9 Å². The molecule has 2 amide bonds. The third kappa shape index (κ3) is 4.72. The number of hydrogen-bond donors (Lipinski definition) is 0. The number of likely N-dealkylation sites (tertiary alicyclic amines) is 2. The van der Waals surface area contributed by atoms with E-state index in [0.29, 0.717) is 31.5 Å². The molecule has 0 unspecified atom stereocenters. The highest BCUT2D eigenvalue weighted by Gasteiger charge is 2.30. The van der Waals surface area contributed by atoms with Gasteiger partial charge in [-0.1, -0.05) is 15.9 Å². The zero-order chi connectivity index (χ0) is 18.5. The fourth-order valence-electron chi connectivity index (χ4n) is 3.63. The van der Waals surface area contributed by atoms with E-state index in [1.54, 1.807) is 17.0 Å². The van der Waals surface area contributed by atoms with Gasteiger partial charge in [-0.05, 0) is 56.4 Å². The van der Waals surface area contributed by atoms with Gasteiger partial charge in [0.05, 0.1) is 0 Å². The predicted octanol–water partition coefficient (Wildman–Crippen LogP) is 3.85. The summed E-state index contributed by atoms with van der Waals surface area (Å²) in [5, 5.41) is 0. The molecule has 3 rings (SSSR count). The summed E-state index contributed by atoms with van der Waals surface area (Å²) in [4.78, 5) is 28.7. The fourth-order valence-corrected chi connectivity index (χ4v) is 4.01. The number of hydrogen-bond acceptors (Lipinski definition) is 2. The molecule has 0 aromatic heterocycles. The minimum atomic E-state index is -0.358. The molecule has 0 N–H and O–H groups in total. The lowest BCUT2D eigenvalue weighted by molar-refractivity contribution is -0.140. The molecular formula is C20H24BrFN2O2. The Labute approximate surface area is 162 Å². The molecule has 2 saturated heterocycles. The van der Waals surface area contributed by atoms with Crippen LogP contribution in [0.4, 0.5) is 4.39 Å². The normalized spacial score (nSPS) is 19.2. The lowest BCUT2D eigenvalue weighted by atomic mass is 9.94. The molecule has 1 aromatic carbocycles. The van der Waals surface area contributed by atoms with Crippen LogP contribution in [0.15, 0.2) is 28.7 Å². The van der Waals surface area contributed by atoms with Gasteiger partial charge in [-0.25, -0.2) is 4.39 Å². The van der Waals surface area contributed by atoms with Crippen LogP contribution in [0.2, 0.25) is 0 Å². The first-order valence-corrected chi connectivity index (χ1v) is 10.0. The molecular weight excluding hydrogens is 399 g/mol. The van der Waals surface area contributed by atoms with E-state index in [1.165, 1.54) is 24.6 Å². The van der Waals surface area contributed by atoms with Crippen LogP contribution in [0.3, 0.4) is 0 Å². The maximum Gasteiger partial charge on any atom is 0.246 e. The Morgan fingerprint density at radius 2 is 1.73 bits per heavy atom. The van der Waals surface area contributed by atoms with Gasteiger partial charge in [-0.3, -0.25) is 9.59 Å². The average Bonchev–Trinajstić information content (AvgIpc) is 2.68. The summed E-state index contributed by atoms with van der Waals surface area (Å²) >= 11 is 3.30. The standard InChI is InChI=1S/C20H24BrFN2O2/c21-17-5-6-18(22)16(14-17)4-7-19(25)23-12-8-15(9-13-23)20(26)24-10-2-1-3-11-24/h4-7,14-15H,1-3,8-13H2. The van der Waals surface area contributed by atoms with E-state index in [4.69, 9.17) is 0 Å². The van der Waals surface area contributed by atoms with E-state index in [-0.39, 0.29) is 23.5 Å². The Bertz CT molecular complexity index is 693. The van der Waals surface area contributed by atoms with E-state index >= 15 is 0 Å². The van der Waals surface area contributed by atoms with Crippen LogP contribution in [-0.4, -0.2) is 47.8 Å². The van der Waals surface area contributed by atoms with Gasteiger partial charge in [-0.2, -0.15) is 0 Å². The molecule has 0 radical (unpaired) electrons. The maximum atomic E-state index is 13.7. The number of carbonyl (C=O) groups excluding carboxylic acids is 2. The van der Waals surface area contributed by atoms with Crippen LogP contribution in [-0.2, 0) is 9.59 Å². The number of halogens is 2. The second-order valence-corrected chi connectivity index (χ2v) is 7.90. The van der Waals surface area contributed by atoms with Crippen LogP contribution < -0.4 is 0 Å². The quantitative estimate of drug-likeness (QED) is 0.693. The van der Waals surface area contributed by atoms with E-state index < -0.39 is 0 Å². The van der Waals surface area contributed by atoms with Crippen LogP contribution in [0.1, 0.15) is 37.7 Å². The topological polar surface area (TPSA) is 40.6 Å². The number of benzene rings is 1. The van der Waals surface area contributed by atoms with E-state index in [0.717, 1.165) is 30.4 Å². The number of rotatable bonds is 3. The third-order valence-corrected chi connectivity index (χ3v) is 5.68. The van der Waals surface area contributed by atoms with Crippen molar-refractivity contribution in [2.24, 2.45) is 5.92 Å². The SMILES string of the molecule is O=C(C=Cc1cc(Br)ccc1F)N1CCC(C(=O)N2CCCCC2)CC1. The molecule has 0 aliphatic carbocycles. The average molecular weight is 423 g/mol. The lowest BCUT2D eigenvalue weighted by Crippen LogP contribution is -2.45. The van der Waals surface area contributed by atoms with Crippen molar-refractivity contribution in [3.63, 3.8) is 0 Å². The van der Waals surface area contributed by atoms with Gasteiger partial charge in [0.25, 0.3) is 0 Å². The molecule has 26 heavy (non-hydrogen) atoms. The summed E-state index contributed by atoms with van der Waals surface area (Å²) in [6.07, 6.45) is 7.74. The smallest absolute Gasteiger partial charge is 0.246 e. The molecule has 0 spiro atoms. The van der Waals surface area contributed by atoms with E-state index in [9.17, 15) is 14.0 Å². The predicted molar refractivity (Wildman–Crippen MR) is 103 cm³/mol. The molecule has 2 fully saturated rings. The van der Waals surface area contributed by atoms with Crippen molar-refractivity contribution in [2.45, 2.75) is 32.1 Å². The van der Waals surface area contributed by atoms with Gasteiger partial charge in [0, 0.05) is 48.2 Å². The highest BCUT2D eigenvalue weighted by atomic mass is 79.9. The molecule has 6 heteroatoms. The van der Waals surface area contributed by atoms with Crippen LogP contribution in [0, 0.1) is 11.7 Å². The van der Waals surface area contributed by atoms with Crippen molar-refractivity contribution in [3.05, 3.63) is 40.1 Å². The Hall–Kier alpha value is -1.69. The third-order valence-electron chi connectivity index (χ3n) is 5.19. The molecule has 0 saturated carbocycles. The Morgan fingerprint density at radius 1 is 1.04 bits per heavy atom. The number of amides is 2. The molecule has 1 aromatic rings. The van der Waals surface area contributed by atoms with Crippen molar-refractivity contribution in [1.29, 1.82) is 0 Å². The molecule has 0 bridgehead atoms. The Morgan fingerprint density at radius 3 is 2.42 bits per heavy atom. The molecule has 4 nitrogen and oxygen atoms in total. The van der Waals surface area contributed by atoms with Crippen molar-refractivity contribution in [3.8, 4) is 0 Å². The summed E-state index contributed by atoms with van der Waals surface area (Å²) in [5.74, 6) is -0.205. The second kappa shape index (κ2) is 8.80. The lowest BCUT2D eigenvalue weighted by Gasteiger charge is -2.35. The van der Waals surface area contributed by atoms with Crippen molar-refractivity contribution in [1.82, 2.24) is 9.80 Å². The second-order valence-electron chi connectivity index (χ2n) is 6.98. The Kier molecular flexibility index (Phi) is 6.46. The minimum absolute atomic E-state index is 0.0312. The van der Waals surface area contributed by atoms with Crippen LogP contribution in [0.5, 0.6) is 0 Å². The van der Waals surface area contributed by atoms with Crippen LogP contribution in [0.25, 0.3) is 6.08 Å². The van der Waals surface area contributed by atoms with Gasteiger partial charge in [0.15, 0.2) is 0 Å². The van der Waals surface area contributed by atoms with Gasteiger partial charge in [0.2, 0.25) is 11.8 Å². The number of piperidine rings is 2. The van der Waals surface area contributed by atoms with Gasteiger partial charge < -0.3 is 9.80 Å². The Balaban J connectivity index is 1.52. The molecule has 0 atom stereocenters. The zero-order valence-electron chi connectivity index (χ0n) is 14.8. The summed E-state index contributed by atoms with van der Waals surface area (Å²) in [5.41, 5.74) is 0.378. The summed E-state index contributed by atoms with van der Waals surface area (Å²) in [6, 6.07) is 4.63. The van der Waals surface area contributed by atoms with Gasteiger partial charge >= 0.3 is 0 Å². The summed E-state index contributed by atoms with van der Waals surface area (Å²) in [7, 11) is 0. The summed E-state index contributed by atoms with van der Waals surface area (Å²) in [6.45, 7) is 2.90. The monoisotopic (exact) mass is 422 g/mol. The first-order chi connectivity index (χ1) is 12.5. The molecule has 2 aliphatic rings. The van der Waals surface area contributed by atoms with Crippen molar-refractivity contribution < 1.29 is 14.0 Å². The van der Waals surface area contributed by atoms with Crippen molar-refractivity contribution >= 4 is 33.8 Å². The minimum Gasteiger partial charge on any atom is -0.342 e. The molecule has 2 aliphatic heterocycles. The maximum absolute atomic E-state index is 13.7. The fraction of sp³-hybridized carbons (Fsp3) is 0.500. The van der Waals surface area contributed by atoms with E-state index in [1.807, 2.05) is 4.90 Å². The zero-order valence-corrected chi connectivity index (χ0v) is 16.4. The van der Waals surface area contributed by atoms with Gasteiger partial charge in [-0.15, -0.1) is 0 Å². The highest BCUT2D eigenvalue weighted by Crippen LogP contribution is 2.22. The highest BCUT2D eigenvalue weighted by molar-refractivity contribution is 9.10. The number of nitrogens with zero attached hydrogens (tertiary/aromatic N) is 2. The first kappa shape index (κ1) is 19.1. The van der Waals surface area contributed by atoms with E-state index in [2.05, 4.69) is 15.9 Å².